The summed E-state index contributed by atoms with van der Waals surface area (Å²) in [5.41, 5.74) is 1.23. The predicted octanol–water partition coefficient (Wildman–Crippen LogP) is 2.02. The standard InChI is InChI=1S/C18H24N2O2/c21-18(17-9-5-15-22-17)20-13-11-19(12-14-20)10-4-8-16-6-2-1-3-7-16/h1-4,6-8,17H,5,9-15H2/b8-4+/t17-/m1/s1. The highest BCUT2D eigenvalue weighted by Crippen LogP contribution is 2.16. The van der Waals surface area contributed by atoms with Gasteiger partial charge in [-0.25, -0.2) is 0 Å². The van der Waals surface area contributed by atoms with Crippen LogP contribution in [0.25, 0.3) is 6.08 Å². The minimum atomic E-state index is -0.176. The van der Waals surface area contributed by atoms with E-state index < -0.39 is 0 Å². The Morgan fingerprint density at radius 3 is 2.64 bits per heavy atom. The molecule has 0 radical (unpaired) electrons. The van der Waals surface area contributed by atoms with Crippen molar-refractivity contribution in [2.24, 2.45) is 0 Å². The van der Waals surface area contributed by atoms with E-state index in [-0.39, 0.29) is 12.0 Å². The molecule has 2 aliphatic heterocycles. The fourth-order valence-corrected chi connectivity index (χ4v) is 3.03. The van der Waals surface area contributed by atoms with Gasteiger partial charge in [-0.1, -0.05) is 42.5 Å². The van der Waals surface area contributed by atoms with E-state index in [2.05, 4.69) is 41.3 Å². The molecule has 4 nitrogen and oxygen atoms in total. The molecule has 2 aliphatic rings. The number of benzene rings is 1. The van der Waals surface area contributed by atoms with Gasteiger partial charge < -0.3 is 9.64 Å². The second-order valence-electron chi connectivity index (χ2n) is 5.94. The Bertz CT molecular complexity index is 501. The van der Waals surface area contributed by atoms with Gasteiger partial charge in [0.1, 0.15) is 6.10 Å². The van der Waals surface area contributed by atoms with Gasteiger partial charge in [-0.3, -0.25) is 9.69 Å². The Balaban J connectivity index is 1.42. The van der Waals surface area contributed by atoms with Crippen LogP contribution >= 0.6 is 0 Å². The van der Waals surface area contributed by atoms with Crippen LogP contribution in [0.2, 0.25) is 0 Å². The number of piperazine rings is 1. The second-order valence-corrected chi connectivity index (χ2v) is 5.94. The van der Waals surface area contributed by atoms with E-state index in [1.54, 1.807) is 0 Å². The van der Waals surface area contributed by atoms with Crippen molar-refractivity contribution in [1.29, 1.82) is 0 Å². The lowest BCUT2D eigenvalue weighted by atomic mass is 10.2. The predicted molar refractivity (Wildman–Crippen MR) is 87.5 cm³/mol. The Morgan fingerprint density at radius 1 is 1.18 bits per heavy atom. The molecule has 0 saturated carbocycles. The number of amides is 1. The zero-order valence-corrected chi connectivity index (χ0v) is 13.0. The molecule has 0 aromatic heterocycles. The van der Waals surface area contributed by atoms with E-state index >= 15 is 0 Å². The first kappa shape index (κ1) is 15.3. The third kappa shape index (κ3) is 3.96. The highest BCUT2D eigenvalue weighted by Gasteiger charge is 2.29. The van der Waals surface area contributed by atoms with Crippen LogP contribution in [0.4, 0.5) is 0 Å². The molecule has 4 heteroatoms. The molecule has 0 bridgehead atoms. The highest BCUT2D eigenvalue weighted by molar-refractivity contribution is 5.81. The molecule has 1 aromatic rings. The van der Waals surface area contributed by atoms with Gasteiger partial charge in [-0.15, -0.1) is 0 Å². The van der Waals surface area contributed by atoms with Gasteiger partial charge in [0.05, 0.1) is 0 Å². The topological polar surface area (TPSA) is 32.8 Å². The number of hydrogen-bond donors (Lipinski definition) is 0. The summed E-state index contributed by atoms with van der Waals surface area (Å²) in [7, 11) is 0. The Kier molecular flexibility index (Phi) is 5.24. The van der Waals surface area contributed by atoms with Crippen LogP contribution in [0.15, 0.2) is 36.4 Å². The summed E-state index contributed by atoms with van der Waals surface area (Å²) >= 11 is 0. The van der Waals surface area contributed by atoms with Gasteiger partial charge in [0.15, 0.2) is 0 Å². The fourth-order valence-electron chi connectivity index (χ4n) is 3.03. The Labute approximate surface area is 132 Å². The number of nitrogens with zero attached hydrogens (tertiary/aromatic N) is 2. The summed E-state index contributed by atoms with van der Waals surface area (Å²) in [6.45, 7) is 5.20. The molecule has 1 aromatic carbocycles. The van der Waals surface area contributed by atoms with Crippen LogP contribution in [-0.4, -0.2) is 61.1 Å². The van der Waals surface area contributed by atoms with E-state index in [1.165, 1.54) is 5.56 Å². The molecule has 2 fully saturated rings. The van der Waals surface area contributed by atoms with Crippen molar-refractivity contribution in [3.05, 3.63) is 42.0 Å². The smallest absolute Gasteiger partial charge is 0.251 e. The highest BCUT2D eigenvalue weighted by atomic mass is 16.5. The largest absolute Gasteiger partial charge is 0.368 e. The third-order valence-electron chi connectivity index (χ3n) is 4.36. The van der Waals surface area contributed by atoms with Crippen molar-refractivity contribution in [2.45, 2.75) is 18.9 Å². The normalized spacial score (nSPS) is 23.3. The van der Waals surface area contributed by atoms with Crippen molar-refractivity contribution >= 4 is 12.0 Å². The maximum absolute atomic E-state index is 12.3. The van der Waals surface area contributed by atoms with Crippen LogP contribution in [0.5, 0.6) is 0 Å². The maximum atomic E-state index is 12.3. The van der Waals surface area contributed by atoms with Gasteiger partial charge >= 0.3 is 0 Å². The second kappa shape index (κ2) is 7.56. The van der Waals surface area contributed by atoms with E-state index in [0.717, 1.165) is 52.2 Å². The fraction of sp³-hybridized carbons (Fsp3) is 0.500. The number of ether oxygens (including phenoxy) is 1. The van der Waals surface area contributed by atoms with Crippen LogP contribution in [0, 0.1) is 0 Å². The lowest BCUT2D eigenvalue weighted by Gasteiger charge is -2.35. The third-order valence-corrected chi connectivity index (χ3v) is 4.36. The first-order valence-electron chi connectivity index (χ1n) is 8.17. The van der Waals surface area contributed by atoms with Crippen LogP contribution in [0.3, 0.4) is 0 Å². The minimum Gasteiger partial charge on any atom is -0.368 e. The van der Waals surface area contributed by atoms with Gasteiger partial charge in [0, 0.05) is 39.3 Å². The van der Waals surface area contributed by atoms with E-state index in [0.29, 0.717) is 0 Å². The molecular weight excluding hydrogens is 276 g/mol. The number of carbonyl (C=O) groups is 1. The molecule has 0 N–H and O–H groups in total. The van der Waals surface area contributed by atoms with Crippen molar-refractivity contribution in [3.63, 3.8) is 0 Å². The van der Waals surface area contributed by atoms with Crippen LogP contribution in [-0.2, 0) is 9.53 Å². The molecular formula is C18H24N2O2. The number of carbonyl (C=O) groups excluding carboxylic acids is 1. The van der Waals surface area contributed by atoms with Gasteiger partial charge in [-0.2, -0.15) is 0 Å². The average Bonchev–Trinajstić information content (AvgIpc) is 3.10. The van der Waals surface area contributed by atoms with Crippen molar-refractivity contribution in [2.75, 3.05) is 39.3 Å². The zero-order valence-electron chi connectivity index (χ0n) is 13.0. The molecule has 2 saturated heterocycles. The van der Waals surface area contributed by atoms with Gasteiger partial charge in [0.2, 0.25) is 0 Å². The molecule has 1 amide bonds. The van der Waals surface area contributed by atoms with Crippen molar-refractivity contribution < 1.29 is 9.53 Å². The first-order chi connectivity index (χ1) is 10.8. The first-order valence-corrected chi connectivity index (χ1v) is 8.17. The van der Waals surface area contributed by atoms with E-state index in [1.807, 2.05) is 11.0 Å². The van der Waals surface area contributed by atoms with Gasteiger partial charge in [0.25, 0.3) is 5.91 Å². The lowest BCUT2D eigenvalue weighted by Crippen LogP contribution is -2.51. The molecule has 118 valence electrons. The number of hydrogen-bond acceptors (Lipinski definition) is 3. The Hall–Kier alpha value is -1.65. The summed E-state index contributed by atoms with van der Waals surface area (Å²) in [5, 5.41) is 0. The van der Waals surface area contributed by atoms with E-state index in [9.17, 15) is 4.79 Å². The summed E-state index contributed by atoms with van der Waals surface area (Å²) in [4.78, 5) is 16.6. The molecule has 3 rings (SSSR count). The zero-order chi connectivity index (χ0) is 15.2. The molecule has 0 spiro atoms. The molecule has 1 atom stereocenters. The number of rotatable bonds is 4. The lowest BCUT2D eigenvalue weighted by molar-refractivity contribution is -0.142. The van der Waals surface area contributed by atoms with Crippen molar-refractivity contribution in [1.82, 2.24) is 9.80 Å². The van der Waals surface area contributed by atoms with Gasteiger partial charge in [-0.05, 0) is 18.4 Å². The van der Waals surface area contributed by atoms with Crippen LogP contribution in [0.1, 0.15) is 18.4 Å². The van der Waals surface area contributed by atoms with E-state index in [4.69, 9.17) is 4.74 Å². The molecule has 2 heterocycles. The minimum absolute atomic E-state index is 0.176. The summed E-state index contributed by atoms with van der Waals surface area (Å²) < 4.78 is 5.49. The quantitative estimate of drug-likeness (QED) is 0.853. The summed E-state index contributed by atoms with van der Waals surface area (Å²) in [6, 6.07) is 10.3. The molecule has 0 aliphatic carbocycles. The maximum Gasteiger partial charge on any atom is 0.251 e. The van der Waals surface area contributed by atoms with Crippen molar-refractivity contribution in [3.8, 4) is 0 Å². The van der Waals surface area contributed by atoms with Crippen LogP contribution < -0.4 is 0 Å². The summed E-state index contributed by atoms with van der Waals surface area (Å²) in [6.07, 6.45) is 6.08. The summed E-state index contributed by atoms with van der Waals surface area (Å²) in [5.74, 6) is 0.192. The molecule has 0 unspecified atom stereocenters. The molecule has 22 heavy (non-hydrogen) atoms. The average molecular weight is 300 g/mol. The monoisotopic (exact) mass is 300 g/mol. The SMILES string of the molecule is O=C([C@H]1CCCO1)N1CCN(C/C=C/c2ccccc2)CC1. The Morgan fingerprint density at radius 2 is 1.95 bits per heavy atom.